The molecule has 18 unspecified atom stereocenters. The molecule has 786 valence electrons. The van der Waals surface area contributed by atoms with Crippen molar-refractivity contribution in [2.24, 2.45) is 69.5 Å². The summed E-state index contributed by atoms with van der Waals surface area (Å²) in [6, 6.07) is -25.4. The van der Waals surface area contributed by atoms with Gasteiger partial charge in [0.05, 0.1) is 155 Å². The molecule has 141 heavy (non-hydrogen) atoms. The summed E-state index contributed by atoms with van der Waals surface area (Å²) < 4.78 is 773. The number of piperidine rings is 6. The molecule has 24 nitrogen and oxygen atoms in total. The molecule has 0 saturated carbocycles. The second-order valence-corrected chi connectivity index (χ2v) is 35.7. The summed E-state index contributed by atoms with van der Waals surface area (Å²) in [7, 11) is 4.75. The van der Waals surface area contributed by atoms with Gasteiger partial charge in [0, 0.05) is 196 Å². The maximum absolute atomic E-state index is 11.3. The SMILES string of the molecule is [2H]c1c(OC([2H])([2H])[2H])c(OC)c([2H])c2c1C1([2H])CC(O)C(C([2H])([2H])C(C)(C([2H])([2H])[2H])C([2H])([2H])[2H])C([2H])([2H])N1C([2H])([2H])C2([2H])[2H].[2H]c1c(OC([2H])([2H])[2H])c(OC)c([2H])c2c1C1([2H])CC(O)C(CC(C)C)C([2H])([2H])N1C([2H])([2H])C2([2H])[2H].[2H]c1c(OC)c(OC)c([2H])c2c1C1([2H])CC(O)C(C([2H])([2H])C(C)(C([2H])([2H])[2H])C([2H])([2H])[2H])C([2H])([2H])N1C([2H])([2H])C2([2H])[2H].[2H]c1c(OC)c(OC)c([2H])c2c1C1([2H])CC(O)C(C([2H])([2H])C(C)(C([2H])([2H])[2H])C([2H])([2H])[2H])C([2H])([2H])N1C([2H])([2H])C2([2H])[2H].[2H]c1c(OC)c(OC)c([2H])c2c1C1([2H])CC(O)C(CC(C)C)C([2H])([2H])N1C([2H])([2H])C2([2H])[2H].[2H]c1c(OC)c(OC)c([2H])c2c1C1([2H])CC(O)C(CC(C)C)C([2H])([2H])N1C([2H])([2H])C2([2H])[2H]. The normalized spacial score (nSPS) is 46.7. The molecule has 24 heteroatoms. The summed E-state index contributed by atoms with van der Waals surface area (Å²) >= 11 is 0. The smallest absolute Gasteiger partial charge is 0.161 e. The first kappa shape index (κ1) is 44.5. The summed E-state index contributed by atoms with van der Waals surface area (Å²) in [6.45, 7) is -48.7. The molecule has 12 aliphatic rings. The summed E-state index contributed by atoms with van der Waals surface area (Å²) in [4.78, 5) is 1.18. The summed E-state index contributed by atoms with van der Waals surface area (Å²) in [5.74, 6) is -17.7. The number of ether oxygens (including phenoxy) is 12. The van der Waals surface area contributed by atoms with Gasteiger partial charge < -0.3 is 87.5 Å². The highest BCUT2D eigenvalue weighted by Crippen LogP contribution is 2.53. The molecular formula is C117H180N6O18. The van der Waals surface area contributed by atoms with Crippen molar-refractivity contribution in [3.8, 4) is 69.0 Å². The van der Waals surface area contributed by atoms with Crippen LogP contribution in [0.15, 0.2) is 72.5 Å². The predicted molar refractivity (Wildman–Crippen MR) is 561 cm³/mol. The van der Waals surface area contributed by atoms with Crippen molar-refractivity contribution in [1.29, 1.82) is 0 Å². The molecule has 12 heterocycles. The highest BCUT2D eigenvalue weighted by atomic mass is 16.5. The summed E-state index contributed by atoms with van der Waals surface area (Å²) in [6.07, 6.45) is -46.4. The van der Waals surface area contributed by atoms with E-state index in [-0.39, 0.29) is 74.7 Å². The standard InChI is InChI=1S/3C20H31NO3.3C19H29NO3/c3*1-20(2,3)11-14-12-21-7-6-13-8-18(23-4)19(24-5)9-15(13)16(21)10-17(14)22;3*1-12(2)7-14-11-20-6-5-13-8-18(22-3)19(23-4)9-15(13)16(20)10-17(14)21/h3*8-9,14,16-17,22H,6-7,10-12H2,1-5H3;3*8-9,12,14,16-17,21H,5-7,10-11H2,1-4H3/i1D3,2D3,5D3,6D2,7D2,8D,9D,11D2,12D2,16D;2*1D3,2D3,6D2,7D2,8D,9D,11D2,12D2,16D;4D3,5D2,6D2,8D,9D,11D2,16D;2*5D2,6D2,8D,9D,11D2,16D. The Morgan fingerprint density at radius 3 is 0.596 bits per heavy atom. The minimum atomic E-state index is -3.78. The van der Waals surface area contributed by atoms with Crippen LogP contribution < -0.4 is 56.8 Å². The third-order valence-corrected chi connectivity index (χ3v) is 23.1. The van der Waals surface area contributed by atoms with Gasteiger partial charge in [-0.2, -0.15) is 0 Å². The lowest BCUT2D eigenvalue weighted by molar-refractivity contribution is -0.0259. The zero-order valence-electron chi connectivity index (χ0n) is 165. The zero-order chi connectivity index (χ0) is 176. The predicted octanol–water partition coefficient (Wildman–Crippen LogP) is 19.3. The monoisotopic (exact) mass is 2040 g/mol. The van der Waals surface area contributed by atoms with Gasteiger partial charge in [0.15, 0.2) is 69.0 Å². The van der Waals surface area contributed by atoms with Crippen LogP contribution in [0.2, 0.25) is 0 Å². The maximum Gasteiger partial charge on any atom is 0.161 e. The van der Waals surface area contributed by atoms with E-state index in [4.69, 9.17) is 164 Å². The molecule has 6 N–H and O–H groups in total. The number of fused-ring (bicyclic) bond motifs is 18. The molecular weight excluding hydrogens is 1780 g/mol. The molecule has 0 radical (unpaired) electrons. The molecule has 0 aromatic heterocycles. The summed E-state index contributed by atoms with van der Waals surface area (Å²) in [5.41, 5.74) is -18.6. The number of rotatable bonds is 21. The van der Waals surface area contributed by atoms with Crippen molar-refractivity contribution in [1.82, 2.24) is 29.4 Å². The minimum absolute atomic E-state index is 0.0343. The zero-order valence-corrected chi connectivity index (χ0v) is 81.3. The minimum Gasteiger partial charge on any atom is -0.493 e. The Morgan fingerprint density at radius 1 is 0.284 bits per heavy atom. The van der Waals surface area contributed by atoms with Gasteiger partial charge in [-0.1, -0.05) is 103 Å². The van der Waals surface area contributed by atoms with Crippen LogP contribution in [0.25, 0.3) is 0 Å². The average molecular weight is 2040 g/mol. The number of nitrogens with zero attached hydrogens (tertiary/aromatic N) is 6. The Morgan fingerprint density at radius 2 is 0.440 bits per heavy atom. The van der Waals surface area contributed by atoms with Crippen molar-refractivity contribution >= 4 is 0 Å². The number of aliphatic hydroxyl groups is 6. The number of hydrogen-bond acceptors (Lipinski definition) is 24. The maximum atomic E-state index is 11.3. The molecule has 0 spiro atoms. The first-order chi connectivity index (χ1) is 100. The molecule has 6 aromatic rings. The van der Waals surface area contributed by atoms with Crippen molar-refractivity contribution in [2.75, 3.05) is 163 Å². The van der Waals surface area contributed by atoms with Gasteiger partial charge in [-0.3, -0.25) is 29.4 Å². The first-order valence-electron chi connectivity index (χ1n) is 86.8. The van der Waals surface area contributed by atoms with Crippen LogP contribution >= 0.6 is 0 Å². The molecule has 6 saturated heterocycles. The fraction of sp³-hybridized carbons (Fsp3) is 0.692. The molecule has 6 fully saturated rings. The van der Waals surface area contributed by atoms with Crippen LogP contribution in [0.4, 0.5) is 0 Å². The van der Waals surface area contributed by atoms with E-state index >= 15 is 0 Å². The third kappa shape index (κ3) is 26.9. The fourth-order valence-corrected chi connectivity index (χ4v) is 16.7. The Kier molecular flexibility index (Phi) is 15.3. The van der Waals surface area contributed by atoms with Gasteiger partial charge >= 0.3 is 0 Å². The van der Waals surface area contributed by atoms with Crippen molar-refractivity contribution in [3.05, 3.63) is 139 Å². The largest absolute Gasteiger partial charge is 0.493 e. The van der Waals surface area contributed by atoms with E-state index in [0.29, 0.717) is 35.5 Å². The molecule has 0 aliphatic carbocycles. The van der Waals surface area contributed by atoms with Gasteiger partial charge in [-0.25, -0.2) is 0 Å². The number of benzene rings is 6. The number of methoxy groups -OCH3 is 12. The van der Waals surface area contributed by atoms with Crippen LogP contribution in [0, 0.1) is 69.5 Å². The highest BCUT2D eigenvalue weighted by molar-refractivity contribution is 5.55. The van der Waals surface area contributed by atoms with Crippen LogP contribution in [-0.2, 0) is 38.2 Å². The van der Waals surface area contributed by atoms with Gasteiger partial charge in [0.25, 0.3) is 0 Å². The van der Waals surface area contributed by atoms with E-state index in [1.54, 1.807) is 13.8 Å². The van der Waals surface area contributed by atoms with E-state index in [1.165, 1.54) is 28.4 Å². The van der Waals surface area contributed by atoms with Crippen LogP contribution in [0.5, 0.6) is 69.0 Å². The number of aliphatic hydroxyl groups excluding tert-OH is 6. The molecule has 18 rings (SSSR count). The fourth-order valence-electron chi connectivity index (χ4n) is 16.7. The van der Waals surface area contributed by atoms with Gasteiger partial charge in [0.2, 0.25) is 0 Å². The Balaban J connectivity index is 0.000000215. The van der Waals surface area contributed by atoms with Crippen LogP contribution in [0.3, 0.4) is 0 Å². The van der Waals surface area contributed by atoms with Crippen LogP contribution in [0.1, 0.15) is 398 Å². The number of hydrogen-bond donors (Lipinski definition) is 6. The lowest BCUT2D eigenvalue weighted by Gasteiger charge is -2.47. The topological polar surface area (TPSA) is 252 Å². The van der Waals surface area contributed by atoms with E-state index < -0.39 is 539 Å². The quantitative estimate of drug-likeness (QED) is 0.0392. The highest BCUT2D eigenvalue weighted by Gasteiger charge is 2.47. The first-order valence-corrected chi connectivity index (χ1v) is 44.8. The lowest BCUT2D eigenvalue weighted by Crippen LogP contribution is -2.48. The van der Waals surface area contributed by atoms with E-state index in [9.17, 15) is 38.9 Å². The summed E-state index contributed by atoms with van der Waals surface area (Å²) in [5, 5.41) is 66.6. The van der Waals surface area contributed by atoms with Gasteiger partial charge in [0.1, 0.15) is 0 Å². The average Bonchev–Trinajstić information content (AvgIpc) is 0.678. The van der Waals surface area contributed by atoms with Crippen molar-refractivity contribution in [3.63, 3.8) is 0 Å². The van der Waals surface area contributed by atoms with E-state index in [0.717, 1.165) is 42.7 Å². The second kappa shape index (κ2) is 48.4. The van der Waals surface area contributed by atoms with Gasteiger partial charge in [-0.15, -0.1) is 0 Å². The molecule has 12 aliphatic heterocycles. The Hall–Kier alpha value is -7.56. The van der Waals surface area contributed by atoms with Crippen LogP contribution in [-0.4, -0.2) is 260 Å². The lowest BCUT2D eigenvalue weighted by atomic mass is 9.75. The van der Waals surface area contributed by atoms with Gasteiger partial charge in [-0.05, 0) is 324 Å². The third-order valence-electron chi connectivity index (χ3n) is 23.1. The molecule has 0 amide bonds. The molecule has 18 atom stereocenters. The van der Waals surface area contributed by atoms with Crippen molar-refractivity contribution in [2.45, 2.75) is 291 Å². The van der Waals surface area contributed by atoms with Crippen molar-refractivity contribution < 1.29 is 203 Å². The van der Waals surface area contributed by atoms with E-state index in [1.807, 2.05) is 27.7 Å². The second-order valence-electron chi connectivity index (χ2n) is 35.7. The van der Waals surface area contributed by atoms with E-state index in [2.05, 4.69) is 0 Å². The molecule has 6 aromatic carbocycles. The Bertz CT molecular complexity index is 8910. The Labute approximate surface area is 964 Å². The molecule has 0 bridgehead atoms.